The number of H-pyrrole nitrogens is 1. The van der Waals surface area contributed by atoms with Crippen LogP contribution in [0.5, 0.6) is 17.2 Å². The fraction of sp³-hybridized carbons (Fsp3) is 0.200. The number of carbonyl (C=O) groups excluding carboxylic acids is 1. The van der Waals surface area contributed by atoms with Crippen molar-refractivity contribution >= 4 is 27.3 Å². The van der Waals surface area contributed by atoms with E-state index in [0.29, 0.717) is 35.2 Å². The standard InChI is InChI=1S/C20H22N4O6S/c1-4-30-14-7-5-13(6-8-14)24-31(26,27)19-12-17(22-23-19)20(25)21-16-11-15(28-2)9-10-18(16)29-3/h5-12,24H,4H2,1-3H3,(H,21,25)(H,22,23). The second-order valence-corrected chi connectivity index (χ2v) is 7.85. The third-order valence-electron chi connectivity index (χ3n) is 4.15. The van der Waals surface area contributed by atoms with Crippen molar-refractivity contribution < 1.29 is 27.4 Å². The molecular formula is C20H22N4O6S. The number of hydrogen-bond donors (Lipinski definition) is 3. The lowest BCUT2D eigenvalue weighted by Gasteiger charge is -2.10. The summed E-state index contributed by atoms with van der Waals surface area (Å²) in [6.45, 7) is 2.36. The van der Waals surface area contributed by atoms with Crippen LogP contribution < -0.4 is 24.2 Å². The van der Waals surface area contributed by atoms with Crippen LogP contribution in [-0.2, 0) is 10.0 Å². The number of rotatable bonds is 9. The lowest BCUT2D eigenvalue weighted by molar-refractivity contribution is 0.102. The number of nitrogens with one attached hydrogen (secondary N) is 3. The SMILES string of the molecule is CCOc1ccc(NS(=O)(=O)c2cc(C(=O)Nc3cc(OC)ccc3OC)n[nH]2)cc1. The first-order valence-electron chi connectivity index (χ1n) is 9.20. The molecule has 0 aliphatic carbocycles. The maximum Gasteiger partial charge on any atom is 0.278 e. The van der Waals surface area contributed by atoms with Gasteiger partial charge in [-0.05, 0) is 43.3 Å². The lowest BCUT2D eigenvalue weighted by Crippen LogP contribution is -2.14. The second-order valence-electron chi connectivity index (χ2n) is 6.20. The van der Waals surface area contributed by atoms with Gasteiger partial charge in [0.15, 0.2) is 10.7 Å². The number of nitrogens with zero attached hydrogens (tertiary/aromatic N) is 1. The van der Waals surface area contributed by atoms with Crippen molar-refractivity contribution in [2.24, 2.45) is 0 Å². The number of amides is 1. The minimum Gasteiger partial charge on any atom is -0.497 e. The van der Waals surface area contributed by atoms with Gasteiger partial charge >= 0.3 is 0 Å². The molecule has 0 saturated carbocycles. The maximum atomic E-state index is 12.6. The molecule has 3 aromatic rings. The summed E-state index contributed by atoms with van der Waals surface area (Å²) in [6.07, 6.45) is 0. The zero-order valence-electron chi connectivity index (χ0n) is 17.1. The Kier molecular flexibility index (Phi) is 6.65. The van der Waals surface area contributed by atoms with Crippen molar-refractivity contribution in [2.75, 3.05) is 30.9 Å². The Morgan fingerprint density at radius 3 is 2.39 bits per heavy atom. The molecule has 1 amide bonds. The van der Waals surface area contributed by atoms with Crippen molar-refractivity contribution in [2.45, 2.75) is 11.9 Å². The van der Waals surface area contributed by atoms with Crippen molar-refractivity contribution in [3.63, 3.8) is 0 Å². The molecule has 1 heterocycles. The normalized spacial score (nSPS) is 10.9. The average Bonchev–Trinajstić information content (AvgIpc) is 3.27. The fourth-order valence-corrected chi connectivity index (χ4v) is 3.64. The van der Waals surface area contributed by atoms with Crippen LogP contribution in [0.15, 0.2) is 53.6 Å². The van der Waals surface area contributed by atoms with Gasteiger partial charge in [0.25, 0.3) is 15.9 Å². The van der Waals surface area contributed by atoms with E-state index in [2.05, 4.69) is 20.2 Å². The largest absolute Gasteiger partial charge is 0.497 e. The molecule has 0 saturated heterocycles. The molecule has 2 aromatic carbocycles. The van der Waals surface area contributed by atoms with Crippen molar-refractivity contribution in [1.82, 2.24) is 10.2 Å². The van der Waals surface area contributed by atoms with Gasteiger partial charge in [0, 0.05) is 17.8 Å². The maximum absolute atomic E-state index is 12.6. The first kappa shape index (κ1) is 22.0. The number of carbonyl (C=O) groups is 1. The quantitative estimate of drug-likeness (QED) is 0.460. The Balaban J connectivity index is 1.75. The highest BCUT2D eigenvalue weighted by Crippen LogP contribution is 2.29. The monoisotopic (exact) mass is 446 g/mol. The zero-order valence-corrected chi connectivity index (χ0v) is 17.9. The van der Waals surface area contributed by atoms with Gasteiger partial charge in [-0.25, -0.2) is 0 Å². The summed E-state index contributed by atoms with van der Waals surface area (Å²) in [7, 11) is -1.02. The molecule has 164 valence electrons. The van der Waals surface area contributed by atoms with Crippen LogP contribution in [0.2, 0.25) is 0 Å². The molecule has 3 rings (SSSR count). The molecule has 0 atom stereocenters. The predicted molar refractivity (Wildman–Crippen MR) is 115 cm³/mol. The average molecular weight is 446 g/mol. The van der Waals surface area contributed by atoms with E-state index in [0.717, 1.165) is 6.07 Å². The number of aromatic amines is 1. The Morgan fingerprint density at radius 1 is 1.03 bits per heavy atom. The number of hydrogen-bond acceptors (Lipinski definition) is 7. The molecule has 11 heteroatoms. The number of sulfonamides is 1. The Labute approximate surface area is 179 Å². The minimum absolute atomic E-state index is 0.114. The zero-order chi connectivity index (χ0) is 22.4. The molecule has 3 N–H and O–H groups in total. The predicted octanol–water partition coefficient (Wildman–Crippen LogP) is 2.88. The van der Waals surface area contributed by atoms with Crippen LogP contribution in [0.3, 0.4) is 0 Å². The van der Waals surface area contributed by atoms with Crippen LogP contribution in [0.1, 0.15) is 17.4 Å². The molecule has 0 radical (unpaired) electrons. The molecule has 10 nitrogen and oxygen atoms in total. The van der Waals surface area contributed by atoms with E-state index >= 15 is 0 Å². The van der Waals surface area contributed by atoms with Gasteiger partial charge in [-0.1, -0.05) is 0 Å². The number of anilines is 2. The molecule has 1 aromatic heterocycles. The Morgan fingerprint density at radius 2 is 1.74 bits per heavy atom. The van der Waals surface area contributed by atoms with Crippen molar-refractivity contribution in [3.05, 3.63) is 54.2 Å². The molecular weight excluding hydrogens is 424 g/mol. The highest BCUT2D eigenvalue weighted by molar-refractivity contribution is 7.92. The third kappa shape index (κ3) is 5.25. The van der Waals surface area contributed by atoms with Crippen LogP contribution in [0, 0.1) is 0 Å². The first-order valence-corrected chi connectivity index (χ1v) is 10.7. The van der Waals surface area contributed by atoms with Crippen LogP contribution in [-0.4, -0.2) is 45.3 Å². The summed E-state index contributed by atoms with van der Waals surface area (Å²) in [5.41, 5.74) is 0.578. The Hall–Kier alpha value is -3.73. The molecule has 0 bridgehead atoms. The Bertz CT molecular complexity index is 1160. The molecule has 31 heavy (non-hydrogen) atoms. The van der Waals surface area contributed by atoms with E-state index in [1.54, 1.807) is 42.5 Å². The van der Waals surface area contributed by atoms with E-state index in [4.69, 9.17) is 14.2 Å². The summed E-state index contributed by atoms with van der Waals surface area (Å²) in [5.74, 6) is 0.930. The number of aromatic nitrogens is 2. The van der Waals surface area contributed by atoms with E-state index in [1.807, 2.05) is 6.92 Å². The second kappa shape index (κ2) is 9.39. The fourth-order valence-electron chi connectivity index (χ4n) is 2.65. The molecule has 0 unspecified atom stereocenters. The molecule has 0 aliphatic rings. The third-order valence-corrected chi connectivity index (χ3v) is 5.44. The van der Waals surface area contributed by atoms with Gasteiger partial charge < -0.3 is 19.5 Å². The van der Waals surface area contributed by atoms with Crippen molar-refractivity contribution in [3.8, 4) is 17.2 Å². The molecule has 0 spiro atoms. The molecule has 0 fully saturated rings. The summed E-state index contributed by atoms with van der Waals surface area (Å²) < 4.78 is 43.3. The topological polar surface area (TPSA) is 132 Å². The van der Waals surface area contributed by atoms with Gasteiger partial charge in [0.1, 0.15) is 17.2 Å². The highest BCUT2D eigenvalue weighted by Gasteiger charge is 2.21. The number of ether oxygens (including phenoxy) is 3. The smallest absolute Gasteiger partial charge is 0.278 e. The number of benzene rings is 2. The summed E-state index contributed by atoms with van der Waals surface area (Å²) in [4.78, 5) is 12.6. The summed E-state index contributed by atoms with van der Waals surface area (Å²) in [5, 5.41) is 8.55. The van der Waals surface area contributed by atoms with Crippen molar-refractivity contribution in [1.29, 1.82) is 0 Å². The van der Waals surface area contributed by atoms with Crippen LogP contribution in [0.25, 0.3) is 0 Å². The summed E-state index contributed by atoms with van der Waals surface area (Å²) in [6, 6.07) is 12.5. The van der Waals surface area contributed by atoms with E-state index < -0.39 is 15.9 Å². The summed E-state index contributed by atoms with van der Waals surface area (Å²) >= 11 is 0. The van der Waals surface area contributed by atoms with Gasteiger partial charge in [-0.15, -0.1) is 0 Å². The van der Waals surface area contributed by atoms with Gasteiger partial charge in [0.05, 0.1) is 26.5 Å². The van der Waals surface area contributed by atoms with Crippen LogP contribution >= 0.6 is 0 Å². The molecule has 0 aliphatic heterocycles. The van der Waals surface area contributed by atoms with E-state index in [1.165, 1.54) is 14.2 Å². The first-order chi connectivity index (χ1) is 14.9. The van der Waals surface area contributed by atoms with Gasteiger partial charge in [-0.2, -0.15) is 13.5 Å². The minimum atomic E-state index is -3.98. The highest BCUT2D eigenvalue weighted by atomic mass is 32.2. The number of methoxy groups -OCH3 is 2. The van der Waals surface area contributed by atoms with E-state index in [9.17, 15) is 13.2 Å². The van der Waals surface area contributed by atoms with Crippen LogP contribution in [0.4, 0.5) is 11.4 Å². The lowest BCUT2D eigenvalue weighted by atomic mass is 10.2. The van der Waals surface area contributed by atoms with Gasteiger partial charge in [0.2, 0.25) is 0 Å². The van der Waals surface area contributed by atoms with E-state index in [-0.39, 0.29) is 10.7 Å². The van der Waals surface area contributed by atoms with Gasteiger partial charge in [-0.3, -0.25) is 14.6 Å².